The summed E-state index contributed by atoms with van der Waals surface area (Å²) in [6.45, 7) is 0.704. The predicted octanol–water partition coefficient (Wildman–Crippen LogP) is 5.26. The van der Waals surface area contributed by atoms with E-state index in [0.717, 1.165) is 26.1 Å². The lowest BCUT2D eigenvalue weighted by Crippen LogP contribution is -2.01. The highest BCUT2D eigenvalue weighted by Gasteiger charge is 2.03. The van der Waals surface area contributed by atoms with Crippen LogP contribution in [-0.4, -0.2) is 4.98 Å². The van der Waals surface area contributed by atoms with Crippen molar-refractivity contribution in [2.75, 3.05) is 5.32 Å². The van der Waals surface area contributed by atoms with Gasteiger partial charge in [0, 0.05) is 39.5 Å². The molecular formula is C16H12BrClN2. The Labute approximate surface area is 130 Å². The number of rotatable bonds is 3. The minimum absolute atomic E-state index is 0.704. The van der Waals surface area contributed by atoms with Crippen molar-refractivity contribution >= 4 is 44.0 Å². The van der Waals surface area contributed by atoms with Gasteiger partial charge >= 0.3 is 0 Å². The SMILES string of the molecule is Clc1ccc(Br)c(CNc2cccc3ccncc23)c1. The van der Waals surface area contributed by atoms with E-state index in [1.807, 2.05) is 36.5 Å². The molecule has 1 heterocycles. The first-order chi connectivity index (χ1) is 9.74. The molecule has 0 bridgehead atoms. The van der Waals surface area contributed by atoms with Crippen LogP contribution in [0.1, 0.15) is 5.56 Å². The molecule has 0 aliphatic rings. The van der Waals surface area contributed by atoms with Crippen LogP contribution in [0.15, 0.2) is 59.3 Å². The Balaban J connectivity index is 1.89. The molecule has 1 aromatic heterocycles. The van der Waals surface area contributed by atoms with Gasteiger partial charge in [0.2, 0.25) is 0 Å². The summed E-state index contributed by atoms with van der Waals surface area (Å²) in [5.41, 5.74) is 2.20. The van der Waals surface area contributed by atoms with Crippen molar-refractivity contribution in [1.82, 2.24) is 4.98 Å². The number of anilines is 1. The molecule has 3 aromatic rings. The molecule has 2 aromatic carbocycles. The number of aromatic nitrogens is 1. The number of benzene rings is 2. The summed E-state index contributed by atoms with van der Waals surface area (Å²) in [4.78, 5) is 4.19. The Bertz CT molecular complexity index is 753. The van der Waals surface area contributed by atoms with E-state index in [-0.39, 0.29) is 0 Å². The summed E-state index contributed by atoms with van der Waals surface area (Å²) in [7, 11) is 0. The van der Waals surface area contributed by atoms with Crippen LogP contribution in [0.5, 0.6) is 0 Å². The van der Waals surface area contributed by atoms with Gasteiger partial charge in [-0.2, -0.15) is 0 Å². The van der Waals surface area contributed by atoms with E-state index in [4.69, 9.17) is 11.6 Å². The maximum Gasteiger partial charge on any atom is 0.0438 e. The lowest BCUT2D eigenvalue weighted by atomic mass is 10.1. The van der Waals surface area contributed by atoms with Gasteiger partial charge in [-0.25, -0.2) is 0 Å². The molecule has 0 aliphatic carbocycles. The van der Waals surface area contributed by atoms with Crippen molar-refractivity contribution in [2.45, 2.75) is 6.54 Å². The van der Waals surface area contributed by atoms with Crippen LogP contribution in [0.3, 0.4) is 0 Å². The molecule has 0 spiro atoms. The van der Waals surface area contributed by atoms with Gasteiger partial charge in [0.05, 0.1) is 0 Å². The minimum Gasteiger partial charge on any atom is -0.380 e. The molecule has 3 rings (SSSR count). The Kier molecular flexibility index (Phi) is 3.90. The first-order valence-corrected chi connectivity index (χ1v) is 7.42. The van der Waals surface area contributed by atoms with Gasteiger partial charge in [0.15, 0.2) is 0 Å². The smallest absolute Gasteiger partial charge is 0.0438 e. The van der Waals surface area contributed by atoms with Crippen molar-refractivity contribution in [3.05, 3.63) is 69.9 Å². The van der Waals surface area contributed by atoms with Gasteiger partial charge in [-0.3, -0.25) is 4.98 Å². The Morgan fingerprint density at radius 2 is 2.05 bits per heavy atom. The zero-order valence-electron chi connectivity index (χ0n) is 10.6. The normalized spacial score (nSPS) is 10.7. The maximum absolute atomic E-state index is 6.04. The Morgan fingerprint density at radius 1 is 1.15 bits per heavy atom. The van der Waals surface area contributed by atoms with Crippen molar-refractivity contribution in [3.63, 3.8) is 0 Å². The van der Waals surface area contributed by atoms with E-state index in [1.165, 1.54) is 5.39 Å². The standard InChI is InChI=1S/C16H12BrClN2/c17-15-5-4-13(18)8-12(15)9-20-16-3-1-2-11-6-7-19-10-14(11)16/h1-8,10,20H,9H2. The second-order valence-corrected chi connectivity index (χ2v) is 5.78. The van der Waals surface area contributed by atoms with E-state index in [1.54, 1.807) is 6.20 Å². The van der Waals surface area contributed by atoms with Crippen LogP contribution >= 0.6 is 27.5 Å². The van der Waals surface area contributed by atoms with Gasteiger partial charge in [-0.15, -0.1) is 0 Å². The minimum atomic E-state index is 0.704. The molecular weight excluding hydrogens is 336 g/mol. The van der Waals surface area contributed by atoms with E-state index in [2.05, 4.69) is 38.4 Å². The van der Waals surface area contributed by atoms with Crippen LogP contribution in [0.25, 0.3) is 10.8 Å². The molecule has 0 unspecified atom stereocenters. The third kappa shape index (κ3) is 2.79. The second-order valence-electron chi connectivity index (χ2n) is 4.49. The van der Waals surface area contributed by atoms with Crippen molar-refractivity contribution in [2.24, 2.45) is 0 Å². The quantitative estimate of drug-likeness (QED) is 0.699. The summed E-state index contributed by atoms with van der Waals surface area (Å²) in [6.07, 6.45) is 3.68. The van der Waals surface area contributed by atoms with Gasteiger partial charge in [-0.1, -0.05) is 39.7 Å². The second kappa shape index (κ2) is 5.81. The third-order valence-corrected chi connectivity index (χ3v) is 4.17. The highest BCUT2D eigenvalue weighted by molar-refractivity contribution is 9.10. The van der Waals surface area contributed by atoms with E-state index in [9.17, 15) is 0 Å². The molecule has 0 saturated heterocycles. The molecule has 4 heteroatoms. The average molecular weight is 348 g/mol. The molecule has 0 radical (unpaired) electrons. The lowest BCUT2D eigenvalue weighted by molar-refractivity contribution is 1.14. The monoisotopic (exact) mass is 346 g/mol. The van der Waals surface area contributed by atoms with Crippen molar-refractivity contribution in [3.8, 4) is 0 Å². The number of pyridine rings is 1. The van der Waals surface area contributed by atoms with Crippen molar-refractivity contribution in [1.29, 1.82) is 0 Å². The topological polar surface area (TPSA) is 24.9 Å². The van der Waals surface area contributed by atoms with Crippen LogP contribution in [-0.2, 0) is 6.54 Å². The third-order valence-electron chi connectivity index (χ3n) is 3.16. The Morgan fingerprint density at radius 3 is 2.95 bits per heavy atom. The lowest BCUT2D eigenvalue weighted by Gasteiger charge is -2.11. The average Bonchev–Trinajstić information content (AvgIpc) is 2.48. The molecule has 0 atom stereocenters. The molecule has 20 heavy (non-hydrogen) atoms. The number of hydrogen-bond donors (Lipinski definition) is 1. The Hall–Kier alpha value is -1.58. The maximum atomic E-state index is 6.04. The first-order valence-electron chi connectivity index (χ1n) is 6.24. The summed E-state index contributed by atoms with van der Waals surface area (Å²) in [5.74, 6) is 0. The molecule has 0 fully saturated rings. The summed E-state index contributed by atoms with van der Waals surface area (Å²) in [6, 6.07) is 14.0. The number of halogens is 2. The number of fused-ring (bicyclic) bond motifs is 1. The van der Waals surface area contributed by atoms with E-state index in [0.29, 0.717) is 6.54 Å². The highest BCUT2D eigenvalue weighted by Crippen LogP contribution is 2.25. The highest BCUT2D eigenvalue weighted by atomic mass is 79.9. The fourth-order valence-corrected chi connectivity index (χ4v) is 2.72. The van der Waals surface area contributed by atoms with Crippen LogP contribution in [0.4, 0.5) is 5.69 Å². The molecule has 1 N–H and O–H groups in total. The molecule has 100 valence electrons. The zero-order chi connectivity index (χ0) is 13.9. The summed E-state index contributed by atoms with van der Waals surface area (Å²) >= 11 is 9.58. The predicted molar refractivity (Wildman–Crippen MR) is 88.2 cm³/mol. The molecule has 0 saturated carbocycles. The molecule has 2 nitrogen and oxygen atoms in total. The fourth-order valence-electron chi connectivity index (χ4n) is 2.14. The fraction of sp³-hybridized carbons (Fsp3) is 0.0625. The van der Waals surface area contributed by atoms with E-state index >= 15 is 0 Å². The van der Waals surface area contributed by atoms with Gasteiger partial charge in [0.1, 0.15) is 0 Å². The van der Waals surface area contributed by atoms with Crippen LogP contribution in [0, 0.1) is 0 Å². The number of hydrogen-bond acceptors (Lipinski definition) is 2. The molecule has 0 aliphatic heterocycles. The van der Waals surface area contributed by atoms with E-state index < -0.39 is 0 Å². The van der Waals surface area contributed by atoms with Crippen LogP contribution in [0.2, 0.25) is 5.02 Å². The first kappa shape index (κ1) is 13.4. The molecule has 0 amide bonds. The van der Waals surface area contributed by atoms with Crippen molar-refractivity contribution < 1.29 is 0 Å². The zero-order valence-corrected chi connectivity index (χ0v) is 12.9. The number of nitrogens with zero attached hydrogens (tertiary/aromatic N) is 1. The summed E-state index contributed by atoms with van der Waals surface area (Å²) in [5, 5.41) is 6.48. The number of nitrogens with one attached hydrogen (secondary N) is 1. The van der Waals surface area contributed by atoms with Gasteiger partial charge in [-0.05, 0) is 41.3 Å². The van der Waals surface area contributed by atoms with Gasteiger partial charge in [0.25, 0.3) is 0 Å². The van der Waals surface area contributed by atoms with Crippen LogP contribution < -0.4 is 5.32 Å². The summed E-state index contributed by atoms with van der Waals surface area (Å²) < 4.78 is 1.05. The van der Waals surface area contributed by atoms with Gasteiger partial charge < -0.3 is 5.32 Å². The largest absolute Gasteiger partial charge is 0.380 e.